The number of aromatic nitrogens is 2. The molecule has 0 saturated heterocycles. The van der Waals surface area contributed by atoms with Crippen molar-refractivity contribution in [2.24, 2.45) is 7.05 Å². The van der Waals surface area contributed by atoms with Crippen LogP contribution in [0.3, 0.4) is 0 Å². The molecule has 1 aromatic carbocycles. The summed E-state index contributed by atoms with van der Waals surface area (Å²) in [5, 5.41) is 0.772. The number of likely N-dealkylation sites (N-methyl/N-ethyl adjacent to an activating group) is 1. The van der Waals surface area contributed by atoms with Crippen LogP contribution in [0.5, 0.6) is 0 Å². The largest absolute Gasteiger partial charge is 0.372 e. The fraction of sp³-hybridized carbons (Fsp3) is 0.500. The van der Waals surface area contributed by atoms with Crippen molar-refractivity contribution in [1.29, 1.82) is 0 Å². The van der Waals surface area contributed by atoms with Crippen molar-refractivity contribution in [2.45, 2.75) is 25.9 Å². The van der Waals surface area contributed by atoms with Gasteiger partial charge in [-0.25, -0.2) is 4.98 Å². The lowest BCUT2D eigenvalue weighted by atomic mass is 9.98. The predicted octanol–water partition coefficient (Wildman–Crippen LogP) is 3.69. The Morgan fingerprint density at radius 1 is 1.35 bits per heavy atom. The smallest absolute Gasteiger partial charge is 0.112 e. The Kier molecular flexibility index (Phi) is 6.63. The second-order valence-electron chi connectivity index (χ2n) is 6.01. The van der Waals surface area contributed by atoms with Gasteiger partial charge in [-0.1, -0.05) is 30.7 Å². The fourth-order valence-corrected chi connectivity index (χ4v) is 2.93. The fourth-order valence-electron chi connectivity index (χ4n) is 2.62. The number of aryl methyl sites for hydroxylation is 1. The van der Waals surface area contributed by atoms with Gasteiger partial charge in [0.05, 0.1) is 12.7 Å². The van der Waals surface area contributed by atoms with Crippen molar-refractivity contribution in [1.82, 2.24) is 14.5 Å². The zero-order valence-corrected chi connectivity index (χ0v) is 15.2. The van der Waals surface area contributed by atoms with Gasteiger partial charge in [-0.05, 0) is 32.1 Å². The van der Waals surface area contributed by atoms with Crippen LogP contribution in [0.15, 0.2) is 30.6 Å². The Bertz CT molecular complexity index is 624. The Balaban J connectivity index is 2.23. The van der Waals surface area contributed by atoms with E-state index >= 15 is 0 Å². The molecule has 5 heteroatoms. The minimum atomic E-state index is 0.0129. The molecule has 0 aliphatic rings. The molecule has 2 aromatic rings. The standard InChI is InChI=1S/C18H26ClN3O/c1-5-16(23-12-11-21(2)3)18-14(7-6-8-15(18)19)13-17-20-9-10-22(17)4/h6-10,16H,5,11-13H2,1-4H3. The van der Waals surface area contributed by atoms with E-state index in [9.17, 15) is 0 Å². The molecule has 1 heterocycles. The van der Waals surface area contributed by atoms with E-state index in [1.165, 1.54) is 5.56 Å². The van der Waals surface area contributed by atoms with E-state index in [4.69, 9.17) is 16.3 Å². The van der Waals surface area contributed by atoms with Crippen molar-refractivity contribution in [3.63, 3.8) is 0 Å². The quantitative estimate of drug-likeness (QED) is 0.737. The maximum Gasteiger partial charge on any atom is 0.112 e. The second kappa shape index (κ2) is 8.48. The molecule has 1 atom stereocenters. The van der Waals surface area contributed by atoms with Gasteiger partial charge in [0.15, 0.2) is 0 Å². The molecule has 0 aliphatic carbocycles. The molecule has 0 amide bonds. The number of rotatable bonds is 8. The van der Waals surface area contributed by atoms with E-state index in [1.54, 1.807) is 0 Å². The third kappa shape index (κ3) is 4.80. The molecule has 1 unspecified atom stereocenters. The molecule has 2 rings (SSSR count). The van der Waals surface area contributed by atoms with Crippen LogP contribution in [-0.2, 0) is 18.2 Å². The molecule has 0 aliphatic heterocycles. The summed E-state index contributed by atoms with van der Waals surface area (Å²) in [6, 6.07) is 6.06. The van der Waals surface area contributed by atoms with Crippen molar-refractivity contribution in [3.8, 4) is 0 Å². The summed E-state index contributed by atoms with van der Waals surface area (Å²) in [5.41, 5.74) is 2.28. The number of halogens is 1. The average Bonchev–Trinajstić information content (AvgIpc) is 2.90. The number of benzene rings is 1. The van der Waals surface area contributed by atoms with Crippen molar-refractivity contribution >= 4 is 11.6 Å². The van der Waals surface area contributed by atoms with Crippen LogP contribution in [0.1, 0.15) is 36.4 Å². The summed E-state index contributed by atoms with van der Waals surface area (Å²) in [4.78, 5) is 6.54. The number of hydrogen-bond donors (Lipinski definition) is 0. The van der Waals surface area contributed by atoms with Gasteiger partial charge < -0.3 is 14.2 Å². The van der Waals surface area contributed by atoms with Gasteiger partial charge in [-0.15, -0.1) is 0 Å². The highest BCUT2D eigenvalue weighted by atomic mass is 35.5. The Morgan fingerprint density at radius 2 is 2.13 bits per heavy atom. The summed E-state index contributed by atoms with van der Waals surface area (Å²) in [5.74, 6) is 1.02. The molecule has 0 bridgehead atoms. The van der Waals surface area contributed by atoms with Gasteiger partial charge in [-0.3, -0.25) is 0 Å². The number of imidazole rings is 1. The summed E-state index contributed by atoms with van der Waals surface area (Å²) in [6.07, 6.45) is 5.45. The van der Waals surface area contributed by atoms with Crippen molar-refractivity contribution < 1.29 is 4.74 Å². The van der Waals surface area contributed by atoms with E-state index in [-0.39, 0.29) is 6.10 Å². The Morgan fingerprint density at radius 3 is 2.74 bits per heavy atom. The lowest BCUT2D eigenvalue weighted by Gasteiger charge is -2.22. The lowest BCUT2D eigenvalue weighted by Crippen LogP contribution is -2.20. The zero-order valence-electron chi connectivity index (χ0n) is 14.4. The number of hydrogen-bond acceptors (Lipinski definition) is 3. The molecule has 0 saturated carbocycles. The number of nitrogens with zero attached hydrogens (tertiary/aromatic N) is 3. The summed E-state index contributed by atoms with van der Waals surface area (Å²) in [7, 11) is 6.11. The third-order valence-electron chi connectivity index (χ3n) is 3.96. The van der Waals surface area contributed by atoms with Crippen molar-refractivity contribution in [2.75, 3.05) is 27.2 Å². The molecule has 23 heavy (non-hydrogen) atoms. The van der Waals surface area contributed by atoms with Crippen LogP contribution in [0.25, 0.3) is 0 Å². The zero-order chi connectivity index (χ0) is 16.8. The van der Waals surface area contributed by atoms with Gasteiger partial charge in [0, 0.05) is 43.0 Å². The maximum absolute atomic E-state index is 6.51. The van der Waals surface area contributed by atoms with Crippen LogP contribution in [0.2, 0.25) is 5.02 Å². The van der Waals surface area contributed by atoms with Crippen LogP contribution in [0, 0.1) is 0 Å². The maximum atomic E-state index is 6.51. The van der Waals surface area contributed by atoms with Crippen LogP contribution in [0.4, 0.5) is 0 Å². The summed E-state index contributed by atoms with van der Waals surface area (Å²) in [6.45, 7) is 3.72. The average molecular weight is 336 g/mol. The van der Waals surface area contributed by atoms with Gasteiger partial charge >= 0.3 is 0 Å². The van der Waals surface area contributed by atoms with Gasteiger partial charge in [0.2, 0.25) is 0 Å². The first-order valence-corrected chi connectivity index (χ1v) is 8.40. The SMILES string of the molecule is CCC(OCCN(C)C)c1c(Cl)cccc1Cc1nccn1C. The van der Waals surface area contributed by atoms with E-state index < -0.39 is 0 Å². The van der Waals surface area contributed by atoms with E-state index in [2.05, 4.69) is 22.9 Å². The topological polar surface area (TPSA) is 30.3 Å². The second-order valence-corrected chi connectivity index (χ2v) is 6.42. The third-order valence-corrected chi connectivity index (χ3v) is 4.29. The summed E-state index contributed by atoms with van der Waals surface area (Å²) < 4.78 is 8.15. The highest BCUT2D eigenvalue weighted by Crippen LogP contribution is 2.32. The first-order valence-electron chi connectivity index (χ1n) is 8.02. The van der Waals surface area contributed by atoms with E-state index in [1.807, 2.05) is 50.2 Å². The van der Waals surface area contributed by atoms with Crippen LogP contribution >= 0.6 is 11.6 Å². The van der Waals surface area contributed by atoms with E-state index in [0.717, 1.165) is 35.8 Å². The lowest BCUT2D eigenvalue weighted by molar-refractivity contribution is 0.0406. The Labute approximate surface area is 144 Å². The van der Waals surface area contributed by atoms with Crippen molar-refractivity contribution in [3.05, 3.63) is 52.6 Å². The van der Waals surface area contributed by atoms with Gasteiger partial charge in [0.1, 0.15) is 5.82 Å². The Hall–Kier alpha value is -1.36. The number of ether oxygens (including phenoxy) is 1. The van der Waals surface area contributed by atoms with E-state index in [0.29, 0.717) is 6.61 Å². The molecule has 126 valence electrons. The van der Waals surface area contributed by atoms with Crippen LogP contribution in [-0.4, -0.2) is 41.7 Å². The molecular weight excluding hydrogens is 310 g/mol. The molecule has 1 aromatic heterocycles. The molecule has 0 N–H and O–H groups in total. The normalized spacial score (nSPS) is 12.8. The van der Waals surface area contributed by atoms with Gasteiger partial charge in [0.25, 0.3) is 0 Å². The molecule has 0 spiro atoms. The van der Waals surface area contributed by atoms with Crippen LogP contribution < -0.4 is 0 Å². The minimum Gasteiger partial charge on any atom is -0.372 e. The monoisotopic (exact) mass is 335 g/mol. The summed E-state index contributed by atoms with van der Waals surface area (Å²) >= 11 is 6.51. The molecule has 0 radical (unpaired) electrons. The molecular formula is C18H26ClN3O. The first-order chi connectivity index (χ1) is 11.0. The minimum absolute atomic E-state index is 0.0129. The predicted molar refractivity (Wildman–Crippen MR) is 95.0 cm³/mol. The highest BCUT2D eigenvalue weighted by molar-refractivity contribution is 6.31. The highest BCUT2D eigenvalue weighted by Gasteiger charge is 2.19. The molecule has 4 nitrogen and oxygen atoms in total. The first kappa shape index (κ1) is 18.0. The van der Waals surface area contributed by atoms with Gasteiger partial charge in [-0.2, -0.15) is 0 Å². The molecule has 0 fully saturated rings.